The molecule has 2 saturated carbocycles. The van der Waals surface area contributed by atoms with Gasteiger partial charge in [0.25, 0.3) is 0 Å². The summed E-state index contributed by atoms with van der Waals surface area (Å²) in [5.74, 6) is 1.58. The molecule has 2 fully saturated rings. The van der Waals surface area contributed by atoms with Gasteiger partial charge >= 0.3 is 0 Å². The SMILES string of the molecule is C=CCOc1c(F)cc2cc(C3CCC4CC(CCCCCCC)CCC4C3)ccc2c1F. The number of unbranched alkanes of at least 4 members (excludes halogenated alkanes) is 4. The Kier molecular flexibility index (Phi) is 8.44. The van der Waals surface area contributed by atoms with Crippen molar-refractivity contribution in [1.29, 1.82) is 0 Å². The lowest BCUT2D eigenvalue weighted by Gasteiger charge is -2.42. The van der Waals surface area contributed by atoms with Crippen LogP contribution in [0.25, 0.3) is 10.8 Å². The second-order valence-electron chi connectivity index (χ2n) is 10.5. The van der Waals surface area contributed by atoms with Gasteiger partial charge in [-0.15, -0.1) is 0 Å². The molecule has 2 aliphatic rings. The summed E-state index contributed by atoms with van der Waals surface area (Å²) < 4.78 is 34.5. The fourth-order valence-corrected chi connectivity index (χ4v) is 6.45. The van der Waals surface area contributed by atoms with Crippen molar-refractivity contribution in [2.45, 2.75) is 89.9 Å². The zero-order valence-corrected chi connectivity index (χ0v) is 20.3. The molecule has 0 aromatic heterocycles. The minimum atomic E-state index is -0.643. The third-order valence-electron chi connectivity index (χ3n) is 8.27. The lowest BCUT2D eigenvalue weighted by molar-refractivity contribution is 0.113. The van der Waals surface area contributed by atoms with Crippen molar-refractivity contribution in [1.82, 2.24) is 0 Å². The molecule has 0 heterocycles. The highest BCUT2D eigenvalue weighted by molar-refractivity contribution is 5.85. The van der Waals surface area contributed by atoms with Gasteiger partial charge in [0.15, 0.2) is 17.4 Å². The number of halogens is 2. The highest BCUT2D eigenvalue weighted by atomic mass is 19.1. The van der Waals surface area contributed by atoms with Gasteiger partial charge in [0.1, 0.15) is 6.61 Å². The summed E-state index contributed by atoms with van der Waals surface area (Å²) in [5, 5.41) is 1.05. The lowest BCUT2D eigenvalue weighted by Crippen LogP contribution is -2.30. The van der Waals surface area contributed by atoms with Crippen LogP contribution in [-0.4, -0.2) is 6.61 Å². The molecule has 0 saturated heterocycles. The van der Waals surface area contributed by atoms with Gasteiger partial charge in [0, 0.05) is 5.39 Å². The van der Waals surface area contributed by atoms with Crippen molar-refractivity contribution >= 4 is 10.8 Å². The second kappa shape index (κ2) is 11.5. The Bertz CT molecular complexity index is 937. The van der Waals surface area contributed by atoms with Crippen LogP contribution in [-0.2, 0) is 0 Å². The van der Waals surface area contributed by atoms with Gasteiger partial charge in [-0.05, 0) is 72.8 Å². The smallest absolute Gasteiger partial charge is 0.191 e. The van der Waals surface area contributed by atoms with Crippen molar-refractivity contribution in [2.24, 2.45) is 17.8 Å². The Labute approximate surface area is 198 Å². The van der Waals surface area contributed by atoms with Gasteiger partial charge in [-0.3, -0.25) is 0 Å². The Morgan fingerprint density at radius 3 is 2.58 bits per heavy atom. The van der Waals surface area contributed by atoms with E-state index in [1.54, 1.807) is 0 Å². The van der Waals surface area contributed by atoms with Crippen molar-refractivity contribution < 1.29 is 13.5 Å². The molecule has 0 N–H and O–H groups in total. The first-order chi connectivity index (χ1) is 16.1. The van der Waals surface area contributed by atoms with Crippen molar-refractivity contribution in [2.75, 3.05) is 6.61 Å². The van der Waals surface area contributed by atoms with Gasteiger partial charge in [0.2, 0.25) is 0 Å². The average molecular weight is 455 g/mol. The van der Waals surface area contributed by atoms with Gasteiger partial charge in [-0.2, -0.15) is 0 Å². The van der Waals surface area contributed by atoms with E-state index in [9.17, 15) is 8.78 Å². The molecule has 3 heteroatoms. The van der Waals surface area contributed by atoms with E-state index in [-0.39, 0.29) is 12.4 Å². The molecule has 2 aromatic carbocycles. The molecule has 1 nitrogen and oxygen atoms in total. The highest BCUT2D eigenvalue weighted by Crippen LogP contribution is 2.48. The minimum Gasteiger partial charge on any atom is -0.483 e. The summed E-state index contributed by atoms with van der Waals surface area (Å²) >= 11 is 0. The van der Waals surface area contributed by atoms with Gasteiger partial charge in [-0.1, -0.05) is 82.7 Å². The molecular weight excluding hydrogens is 414 g/mol. The number of hydrogen-bond donors (Lipinski definition) is 0. The van der Waals surface area contributed by atoms with E-state index in [1.165, 1.54) is 94.8 Å². The van der Waals surface area contributed by atoms with Crippen LogP contribution in [0.4, 0.5) is 8.78 Å². The van der Waals surface area contributed by atoms with Crippen LogP contribution in [0, 0.1) is 29.4 Å². The zero-order valence-electron chi connectivity index (χ0n) is 20.3. The molecule has 0 spiro atoms. The molecule has 180 valence electrons. The first-order valence-electron chi connectivity index (χ1n) is 13.3. The Balaban J connectivity index is 1.37. The van der Waals surface area contributed by atoms with Gasteiger partial charge in [-0.25, -0.2) is 8.78 Å². The second-order valence-corrected chi connectivity index (χ2v) is 10.5. The normalized spacial score (nSPS) is 25.1. The number of rotatable bonds is 10. The fourth-order valence-electron chi connectivity index (χ4n) is 6.45. The summed E-state index contributed by atoms with van der Waals surface area (Å²) in [7, 11) is 0. The highest BCUT2D eigenvalue weighted by Gasteiger charge is 2.35. The van der Waals surface area contributed by atoms with Crippen LogP contribution in [0.2, 0.25) is 0 Å². The molecule has 4 atom stereocenters. The topological polar surface area (TPSA) is 9.23 Å². The van der Waals surface area contributed by atoms with Crippen molar-refractivity contribution in [3.05, 3.63) is 54.1 Å². The Morgan fingerprint density at radius 2 is 1.76 bits per heavy atom. The van der Waals surface area contributed by atoms with Gasteiger partial charge in [0.05, 0.1) is 0 Å². The third-order valence-corrected chi connectivity index (χ3v) is 8.27. The Hall–Kier alpha value is -1.90. The first-order valence-corrected chi connectivity index (χ1v) is 13.3. The maximum atomic E-state index is 14.8. The van der Waals surface area contributed by atoms with E-state index in [0.717, 1.165) is 17.8 Å². The molecule has 0 radical (unpaired) electrons. The monoisotopic (exact) mass is 454 g/mol. The maximum Gasteiger partial charge on any atom is 0.191 e. The number of benzene rings is 2. The first kappa shape index (κ1) is 24.2. The molecule has 4 unspecified atom stereocenters. The molecule has 4 rings (SSSR count). The number of fused-ring (bicyclic) bond motifs is 2. The van der Waals surface area contributed by atoms with Crippen molar-refractivity contribution in [3.63, 3.8) is 0 Å². The zero-order chi connectivity index (χ0) is 23.2. The van der Waals surface area contributed by atoms with Crippen LogP contribution in [0.15, 0.2) is 36.9 Å². The summed E-state index contributed by atoms with van der Waals surface area (Å²) in [6.45, 7) is 5.91. The molecule has 0 amide bonds. The van der Waals surface area contributed by atoms with E-state index in [1.807, 2.05) is 18.2 Å². The molecule has 2 aliphatic carbocycles. The van der Waals surface area contributed by atoms with E-state index in [4.69, 9.17) is 4.74 Å². The van der Waals surface area contributed by atoms with E-state index < -0.39 is 11.6 Å². The predicted octanol–water partition coefficient (Wildman–Crippen LogP) is 9.34. The summed E-state index contributed by atoms with van der Waals surface area (Å²) in [6, 6.07) is 7.28. The largest absolute Gasteiger partial charge is 0.483 e. The molecular formula is C30H40F2O. The standard InChI is InChI=1S/C30H40F2O/c1-3-5-6-7-8-9-21-10-11-23-18-24(13-12-22(23)17-21)25-14-15-27-26(19-25)20-28(31)30(29(27)32)33-16-4-2/h4,14-15,19-24H,2-3,5-13,16-18H2,1H3. The van der Waals surface area contributed by atoms with Crippen molar-refractivity contribution in [3.8, 4) is 5.75 Å². The number of hydrogen-bond acceptors (Lipinski definition) is 1. The summed E-state index contributed by atoms with van der Waals surface area (Å²) in [6.07, 6.45) is 17.7. The van der Waals surface area contributed by atoms with Crippen LogP contribution in [0.1, 0.15) is 95.5 Å². The minimum absolute atomic E-state index is 0.0851. The van der Waals surface area contributed by atoms with E-state index in [2.05, 4.69) is 13.5 Å². The van der Waals surface area contributed by atoms with Crippen LogP contribution in [0.3, 0.4) is 0 Å². The van der Waals surface area contributed by atoms with E-state index >= 15 is 0 Å². The molecule has 33 heavy (non-hydrogen) atoms. The summed E-state index contributed by atoms with van der Waals surface area (Å²) in [5.41, 5.74) is 1.23. The molecule has 0 aliphatic heterocycles. The third kappa shape index (κ3) is 5.78. The number of ether oxygens (including phenoxy) is 1. The van der Waals surface area contributed by atoms with E-state index in [0.29, 0.717) is 16.7 Å². The predicted molar refractivity (Wildman–Crippen MR) is 134 cm³/mol. The molecule has 2 aromatic rings. The quantitative estimate of drug-likeness (QED) is 0.257. The summed E-state index contributed by atoms with van der Waals surface area (Å²) in [4.78, 5) is 0. The maximum absolute atomic E-state index is 14.8. The average Bonchev–Trinajstić information content (AvgIpc) is 2.83. The Morgan fingerprint density at radius 1 is 0.970 bits per heavy atom. The van der Waals surface area contributed by atoms with Crippen LogP contribution < -0.4 is 4.74 Å². The fraction of sp³-hybridized carbons (Fsp3) is 0.600. The molecule has 0 bridgehead atoms. The van der Waals surface area contributed by atoms with Crippen LogP contribution in [0.5, 0.6) is 5.75 Å². The van der Waals surface area contributed by atoms with Gasteiger partial charge < -0.3 is 4.74 Å². The van der Waals surface area contributed by atoms with Crippen LogP contribution >= 0.6 is 0 Å². The lowest BCUT2D eigenvalue weighted by atomic mass is 9.63.